The van der Waals surface area contributed by atoms with Crippen LogP contribution in [0, 0.1) is 18.3 Å². The second-order valence-corrected chi connectivity index (χ2v) is 4.23. The van der Waals surface area contributed by atoms with Crippen LogP contribution in [0.2, 0.25) is 5.02 Å². The largest absolute Gasteiger partial charge is 0.396 e. The van der Waals surface area contributed by atoms with Crippen LogP contribution in [0.15, 0.2) is 30.3 Å². The molecule has 4 nitrogen and oxygen atoms in total. The van der Waals surface area contributed by atoms with Gasteiger partial charge in [0, 0.05) is 5.69 Å². The molecule has 2 rings (SSSR count). The molecule has 18 heavy (non-hydrogen) atoms. The van der Waals surface area contributed by atoms with Gasteiger partial charge in [-0.1, -0.05) is 11.6 Å². The number of nitriles is 1. The van der Waals surface area contributed by atoms with Crippen molar-refractivity contribution in [1.29, 1.82) is 5.26 Å². The third kappa shape index (κ3) is 2.53. The number of hydrogen-bond acceptors (Lipinski definition) is 4. The van der Waals surface area contributed by atoms with Gasteiger partial charge in [-0.3, -0.25) is 0 Å². The molecule has 0 radical (unpaired) electrons. The minimum atomic E-state index is 0.511. The summed E-state index contributed by atoms with van der Waals surface area (Å²) in [4.78, 5) is 4.29. The summed E-state index contributed by atoms with van der Waals surface area (Å²) >= 11 is 6.05. The normalized spacial score (nSPS) is 9.83. The molecule has 5 heteroatoms. The zero-order chi connectivity index (χ0) is 13.1. The third-order valence-electron chi connectivity index (χ3n) is 2.41. The smallest absolute Gasteiger partial charge is 0.153 e. The fourth-order valence-corrected chi connectivity index (χ4v) is 1.65. The first-order chi connectivity index (χ1) is 8.60. The van der Waals surface area contributed by atoms with Gasteiger partial charge in [-0.15, -0.1) is 0 Å². The van der Waals surface area contributed by atoms with Gasteiger partial charge in [0.25, 0.3) is 0 Å². The number of nitrogens with zero attached hydrogens (tertiary/aromatic N) is 2. The molecule has 1 aromatic carbocycles. The maximum Gasteiger partial charge on any atom is 0.153 e. The van der Waals surface area contributed by atoms with E-state index in [0.717, 1.165) is 5.69 Å². The van der Waals surface area contributed by atoms with Crippen LogP contribution in [-0.4, -0.2) is 4.98 Å². The number of nitrogens with one attached hydrogen (secondary N) is 1. The average Bonchev–Trinajstić information content (AvgIpc) is 2.36. The van der Waals surface area contributed by atoms with Crippen molar-refractivity contribution >= 4 is 28.8 Å². The van der Waals surface area contributed by atoms with Crippen LogP contribution in [0.4, 0.5) is 17.2 Å². The van der Waals surface area contributed by atoms with E-state index in [-0.39, 0.29) is 0 Å². The highest BCUT2D eigenvalue weighted by Crippen LogP contribution is 2.28. The maximum absolute atomic E-state index is 8.86. The van der Waals surface area contributed by atoms with Crippen LogP contribution in [0.5, 0.6) is 0 Å². The number of pyridine rings is 1. The number of halogens is 1. The van der Waals surface area contributed by atoms with E-state index in [4.69, 9.17) is 22.6 Å². The van der Waals surface area contributed by atoms with Crippen molar-refractivity contribution < 1.29 is 0 Å². The molecule has 0 bridgehead atoms. The van der Waals surface area contributed by atoms with E-state index < -0.39 is 0 Å². The first-order valence-electron chi connectivity index (χ1n) is 5.30. The van der Waals surface area contributed by atoms with Gasteiger partial charge in [0.15, 0.2) is 5.82 Å². The van der Waals surface area contributed by atoms with E-state index >= 15 is 0 Å². The second-order valence-electron chi connectivity index (χ2n) is 3.82. The topological polar surface area (TPSA) is 74.7 Å². The highest BCUT2D eigenvalue weighted by atomic mass is 35.5. The maximum atomic E-state index is 8.86. The van der Waals surface area contributed by atoms with E-state index in [1.807, 2.05) is 13.0 Å². The Bertz CT molecular complexity index is 631. The number of benzene rings is 1. The van der Waals surface area contributed by atoms with E-state index in [0.29, 0.717) is 27.8 Å². The molecule has 0 aliphatic heterocycles. The first-order valence-corrected chi connectivity index (χ1v) is 5.68. The summed E-state index contributed by atoms with van der Waals surface area (Å²) in [6.45, 7) is 1.87. The number of anilines is 3. The summed E-state index contributed by atoms with van der Waals surface area (Å²) in [6.07, 6.45) is 0. The van der Waals surface area contributed by atoms with Crippen molar-refractivity contribution in [2.75, 3.05) is 11.1 Å². The van der Waals surface area contributed by atoms with Gasteiger partial charge in [-0.25, -0.2) is 4.98 Å². The molecule has 0 spiro atoms. The highest BCUT2D eigenvalue weighted by Gasteiger charge is 2.06. The zero-order valence-electron chi connectivity index (χ0n) is 9.74. The lowest BCUT2D eigenvalue weighted by molar-refractivity contribution is 1.20. The molecule has 0 aliphatic carbocycles. The number of rotatable bonds is 2. The van der Waals surface area contributed by atoms with Crippen molar-refractivity contribution in [1.82, 2.24) is 4.98 Å². The standard InChI is InChI=1S/C13H11ClN4/c1-8-2-5-11(16)13(17-8)18-12-6-9(7-15)3-4-10(12)14/h2-6H,16H2,1H3,(H,17,18). The fourth-order valence-electron chi connectivity index (χ4n) is 1.49. The van der Waals surface area contributed by atoms with E-state index in [1.54, 1.807) is 24.3 Å². The quantitative estimate of drug-likeness (QED) is 0.867. The molecular weight excluding hydrogens is 248 g/mol. The summed E-state index contributed by atoms with van der Waals surface area (Å²) in [7, 11) is 0. The molecule has 0 amide bonds. The van der Waals surface area contributed by atoms with Gasteiger partial charge >= 0.3 is 0 Å². The van der Waals surface area contributed by atoms with Crippen molar-refractivity contribution in [3.63, 3.8) is 0 Å². The van der Waals surface area contributed by atoms with Crippen LogP contribution in [-0.2, 0) is 0 Å². The third-order valence-corrected chi connectivity index (χ3v) is 2.74. The highest BCUT2D eigenvalue weighted by molar-refractivity contribution is 6.33. The summed E-state index contributed by atoms with van der Waals surface area (Å²) < 4.78 is 0. The molecule has 1 heterocycles. The van der Waals surface area contributed by atoms with Crippen molar-refractivity contribution in [2.24, 2.45) is 0 Å². The number of hydrogen-bond donors (Lipinski definition) is 2. The van der Waals surface area contributed by atoms with Gasteiger partial charge < -0.3 is 11.1 Å². The monoisotopic (exact) mass is 258 g/mol. The fraction of sp³-hybridized carbons (Fsp3) is 0.0769. The number of aryl methyl sites for hydroxylation is 1. The lowest BCUT2D eigenvalue weighted by Crippen LogP contribution is -2.00. The number of nitrogen functional groups attached to an aromatic ring is 1. The minimum Gasteiger partial charge on any atom is -0.396 e. The summed E-state index contributed by atoms with van der Waals surface area (Å²) in [5.41, 5.74) is 8.33. The Hall–Kier alpha value is -2.25. The molecule has 0 unspecified atom stereocenters. The summed E-state index contributed by atoms with van der Waals surface area (Å²) in [5.74, 6) is 0.534. The van der Waals surface area contributed by atoms with Gasteiger partial charge in [-0.2, -0.15) is 5.26 Å². The van der Waals surface area contributed by atoms with Crippen LogP contribution >= 0.6 is 11.6 Å². The molecule has 90 valence electrons. The molecule has 0 atom stereocenters. The molecule has 1 aromatic heterocycles. The van der Waals surface area contributed by atoms with Crippen molar-refractivity contribution in [3.05, 3.63) is 46.6 Å². The molecule has 0 saturated carbocycles. The molecule has 3 N–H and O–H groups in total. The Labute approximate surface area is 110 Å². The second kappa shape index (κ2) is 4.94. The Morgan fingerprint density at radius 2 is 2.11 bits per heavy atom. The van der Waals surface area contributed by atoms with E-state index in [9.17, 15) is 0 Å². The van der Waals surface area contributed by atoms with Crippen LogP contribution < -0.4 is 11.1 Å². The molecule has 2 aromatic rings. The lowest BCUT2D eigenvalue weighted by Gasteiger charge is -2.10. The van der Waals surface area contributed by atoms with Gasteiger partial charge in [-0.05, 0) is 37.3 Å². The Morgan fingerprint density at radius 3 is 2.83 bits per heavy atom. The summed E-state index contributed by atoms with van der Waals surface area (Å²) in [5, 5.41) is 12.4. The van der Waals surface area contributed by atoms with Gasteiger partial charge in [0.05, 0.1) is 28.0 Å². The Kier molecular flexibility index (Phi) is 3.35. The lowest BCUT2D eigenvalue weighted by atomic mass is 10.2. The molecule has 0 saturated heterocycles. The minimum absolute atomic E-state index is 0.511. The number of nitrogens with two attached hydrogens (primary N) is 1. The van der Waals surface area contributed by atoms with E-state index in [1.165, 1.54) is 0 Å². The predicted octanol–water partition coefficient (Wildman–Crippen LogP) is 3.24. The number of aromatic nitrogens is 1. The van der Waals surface area contributed by atoms with Crippen LogP contribution in [0.3, 0.4) is 0 Å². The molecular formula is C13H11ClN4. The van der Waals surface area contributed by atoms with Crippen molar-refractivity contribution in [2.45, 2.75) is 6.92 Å². The van der Waals surface area contributed by atoms with Crippen molar-refractivity contribution in [3.8, 4) is 6.07 Å². The van der Waals surface area contributed by atoms with Crippen LogP contribution in [0.1, 0.15) is 11.3 Å². The van der Waals surface area contributed by atoms with Crippen LogP contribution in [0.25, 0.3) is 0 Å². The van der Waals surface area contributed by atoms with E-state index in [2.05, 4.69) is 16.4 Å². The Morgan fingerprint density at radius 1 is 1.33 bits per heavy atom. The van der Waals surface area contributed by atoms with Gasteiger partial charge in [0.1, 0.15) is 0 Å². The molecule has 0 fully saturated rings. The summed E-state index contributed by atoms with van der Waals surface area (Å²) in [6, 6.07) is 10.6. The van der Waals surface area contributed by atoms with Gasteiger partial charge in [0.2, 0.25) is 0 Å². The molecule has 0 aliphatic rings. The predicted molar refractivity (Wildman–Crippen MR) is 72.8 cm³/mol. The SMILES string of the molecule is Cc1ccc(N)c(Nc2cc(C#N)ccc2Cl)n1. The first kappa shape index (κ1) is 12.2. The zero-order valence-corrected chi connectivity index (χ0v) is 10.5. The Balaban J connectivity index is 2.39. The average molecular weight is 259 g/mol.